The number of piperazine rings is 1. The van der Waals surface area contributed by atoms with Crippen LogP contribution in [-0.2, 0) is 9.59 Å². The maximum atomic E-state index is 12.5. The summed E-state index contributed by atoms with van der Waals surface area (Å²) in [7, 11) is 0. The van der Waals surface area contributed by atoms with Gasteiger partial charge in [-0.15, -0.1) is 13.2 Å². The summed E-state index contributed by atoms with van der Waals surface area (Å²) in [4.78, 5) is 28.5. The van der Waals surface area contributed by atoms with Crippen LogP contribution in [0.3, 0.4) is 0 Å². The van der Waals surface area contributed by atoms with Crippen molar-refractivity contribution in [1.29, 1.82) is 0 Å². The first kappa shape index (κ1) is 18.4. The normalized spacial score (nSPS) is 19.4. The van der Waals surface area contributed by atoms with Gasteiger partial charge in [0.15, 0.2) is 0 Å². The van der Waals surface area contributed by atoms with Gasteiger partial charge in [-0.2, -0.15) is 0 Å². The van der Waals surface area contributed by atoms with Crippen LogP contribution in [-0.4, -0.2) is 60.4 Å². The predicted octanol–water partition coefficient (Wildman–Crippen LogP) is 1.42. The standard InChI is InChI=1S/C17H29N3O2/c1-6-9-19(10-7-2)15(21)12-14-16(22)18-8-11-20(14)13-17(3,4)5/h6-7,14H,1-2,8-13H2,3-5H3,(H,18,22). The van der Waals surface area contributed by atoms with Gasteiger partial charge >= 0.3 is 0 Å². The third-order valence-corrected chi connectivity index (χ3v) is 3.54. The van der Waals surface area contributed by atoms with Gasteiger partial charge in [-0.25, -0.2) is 0 Å². The summed E-state index contributed by atoms with van der Waals surface area (Å²) in [6.07, 6.45) is 3.58. The SMILES string of the molecule is C=CCN(CC=C)C(=O)CC1C(=O)NCCN1CC(C)(C)C. The fraction of sp³-hybridized carbons (Fsp3) is 0.647. The van der Waals surface area contributed by atoms with E-state index in [0.29, 0.717) is 19.6 Å². The van der Waals surface area contributed by atoms with Gasteiger partial charge in [0.05, 0.1) is 12.5 Å². The summed E-state index contributed by atoms with van der Waals surface area (Å²) in [5, 5.41) is 2.86. The highest BCUT2D eigenvalue weighted by molar-refractivity contribution is 5.89. The van der Waals surface area contributed by atoms with Gasteiger partial charge in [0.1, 0.15) is 0 Å². The Morgan fingerprint density at radius 1 is 1.36 bits per heavy atom. The number of nitrogens with zero attached hydrogens (tertiary/aromatic N) is 2. The zero-order valence-corrected chi connectivity index (χ0v) is 14.1. The fourth-order valence-corrected chi connectivity index (χ4v) is 2.67. The number of carbonyl (C=O) groups excluding carboxylic acids is 2. The Morgan fingerprint density at radius 2 is 1.95 bits per heavy atom. The molecular formula is C17H29N3O2. The second-order valence-corrected chi connectivity index (χ2v) is 6.92. The number of amides is 2. The van der Waals surface area contributed by atoms with E-state index in [4.69, 9.17) is 0 Å². The molecule has 0 aromatic heterocycles. The molecule has 0 saturated carbocycles. The Hall–Kier alpha value is -1.62. The van der Waals surface area contributed by atoms with E-state index in [1.807, 2.05) is 0 Å². The Labute approximate surface area is 134 Å². The summed E-state index contributed by atoms with van der Waals surface area (Å²) < 4.78 is 0. The van der Waals surface area contributed by atoms with Gasteiger partial charge < -0.3 is 10.2 Å². The summed E-state index contributed by atoms with van der Waals surface area (Å²) in [6.45, 7) is 16.9. The molecule has 0 radical (unpaired) electrons. The molecule has 2 amide bonds. The van der Waals surface area contributed by atoms with Crippen LogP contribution in [0.25, 0.3) is 0 Å². The summed E-state index contributed by atoms with van der Waals surface area (Å²) in [6, 6.07) is -0.391. The molecule has 1 heterocycles. The third kappa shape index (κ3) is 5.64. The molecule has 1 fully saturated rings. The van der Waals surface area contributed by atoms with E-state index < -0.39 is 6.04 Å². The molecule has 22 heavy (non-hydrogen) atoms. The first-order chi connectivity index (χ1) is 10.3. The topological polar surface area (TPSA) is 52.7 Å². The van der Waals surface area contributed by atoms with E-state index >= 15 is 0 Å². The third-order valence-electron chi connectivity index (χ3n) is 3.54. The van der Waals surface area contributed by atoms with E-state index in [-0.39, 0.29) is 23.7 Å². The lowest BCUT2D eigenvalue weighted by atomic mass is 9.94. The van der Waals surface area contributed by atoms with Gasteiger partial charge in [-0.1, -0.05) is 32.9 Å². The zero-order chi connectivity index (χ0) is 16.8. The quantitative estimate of drug-likeness (QED) is 0.724. The summed E-state index contributed by atoms with van der Waals surface area (Å²) >= 11 is 0. The highest BCUT2D eigenvalue weighted by Crippen LogP contribution is 2.20. The molecule has 5 nitrogen and oxygen atoms in total. The number of hydrogen-bond donors (Lipinski definition) is 1. The molecule has 1 saturated heterocycles. The Morgan fingerprint density at radius 3 is 2.45 bits per heavy atom. The van der Waals surface area contributed by atoms with Gasteiger partial charge in [-0.3, -0.25) is 14.5 Å². The zero-order valence-electron chi connectivity index (χ0n) is 14.1. The summed E-state index contributed by atoms with van der Waals surface area (Å²) in [5.74, 6) is -0.0956. The molecule has 1 unspecified atom stereocenters. The molecule has 0 aromatic carbocycles. The maximum Gasteiger partial charge on any atom is 0.237 e. The molecule has 0 spiro atoms. The minimum atomic E-state index is -0.391. The van der Waals surface area contributed by atoms with Crippen LogP contribution in [0.1, 0.15) is 27.2 Å². The Balaban J connectivity index is 2.79. The molecule has 1 atom stereocenters. The number of nitrogens with one attached hydrogen (secondary N) is 1. The van der Waals surface area contributed by atoms with Gasteiger partial charge in [0.2, 0.25) is 11.8 Å². The molecule has 0 bridgehead atoms. The molecule has 1 rings (SSSR count). The van der Waals surface area contributed by atoms with Crippen LogP contribution in [0, 0.1) is 5.41 Å². The van der Waals surface area contributed by atoms with Crippen molar-refractivity contribution in [3.8, 4) is 0 Å². The van der Waals surface area contributed by atoms with Crippen LogP contribution in [0.4, 0.5) is 0 Å². The van der Waals surface area contributed by atoms with Crippen molar-refractivity contribution in [1.82, 2.24) is 15.1 Å². The second kappa shape index (κ2) is 8.13. The molecule has 1 aliphatic heterocycles. The highest BCUT2D eigenvalue weighted by Gasteiger charge is 2.34. The van der Waals surface area contributed by atoms with Crippen LogP contribution in [0.15, 0.2) is 25.3 Å². The van der Waals surface area contributed by atoms with Crippen molar-refractivity contribution in [3.63, 3.8) is 0 Å². The van der Waals surface area contributed by atoms with Crippen molar-refractivity contribution in [2.75, 3.05) is 32.7 Å². The minimum absolute atomic E-state index is 0.0410. The van der Waals surface area contributed by atoms with Crippen molar-refractivity contribution >= 4 is 11.8 Å². The first-order valence-corrected chi connectivity index (χ1v) is 7.80. The maximum absolute atomic E-state index is 12.5. The average molecular weight is 307 g/mol. The smallest absolute Gasteiger partial charge is 0.237 e. The lowest BCUT2D eigenvalue weighted by Gasteiger charge is -2.39. The Bertz CT molecular complexity index is 416. The van der Waals surface area contributed by atoms with Crippen molar-refractivity contribution in [3.05, 3.63) is 25.3 Å². The molecule has 0 aromatic rings. The molecule has 1 aliphatic rings. The number of carbonyl (C=O) groups is 2. The van der Waals surface area contributed by atoms with Crippen molar-refractivity contribution in [2.24, 2.45) is 5.41 Å². The molecule has 124 valence electrons. The van der Waals surface area contributed by atoms with Crippen molar-refractivity contribution in [2.45, 2.75) is 33.2 Å². The monoisotopic (exact) mass is 307 g/mol. The molecule has 5 heteroatoms. The molecular weight excluding hydrogens is 278 g/mol. The summed E-state index contributed by atoms with van der Waals surface area (Å²) in [5.41, 5.74) is 0.0842. The van der Waals surface area contributed by atoms with E-state index in [0.717, 1.165) is 13.1 Å². The van der Waals surface area contributed by atoms with Crippen LogP contribution < -0.4 is 5.32 Å². The first-order valence-electron chi connectivity index (χ1n) is 7.80. The van der Waals surface area contributed by atoms with Crippen LogP contribution in [0.2, 0.25) is 0 Å². The number of rotatable bonds is 7. The molecule has 0 aliphatic carbocycles. The van der Waals surface area contributed by atoms with Gasteiger partial charge in [0, 0.05) is 32.7 Å². The van der Waals surface area contributed by atoms with E-state index in [9.17, 15) is 9.59 Å². The second-order valence-electron chi connectivity index (χ2n) is 6.92. The Kier molecular flexibility index (Phi) is 6.81. The average Bonchev–Trinajstić information content (AvgIpc) is 2.40. The predicted molar refractivity (Wildman–Crippen MR) is 89.4 cm³/mol. The van der Waals surface area contributed by atoms with Gasteiger partial charge in [0.25, 0.3) is 0 Å². The van der Waals surface area contributed by atoms with E-state index in [2.05, 4.69) is 44.1 Å². The minimum Gasteiger partial charge on any atom is -0.353 e. The largest absolute Gasteiger partial charge is 0.353 e. The van der Waals surface area contributed by atoms with E-state index in [1.165, 1.54) is 0 Å². The number of hydrogen-bond acceptors (Lipinski definition) is 3. The van der Waals surface area contributed by atoms with E-state index in [1.54, 1.807) is 17.1 Å². The van der Waals surface area contributed by atoms with Crippen LogP contribution in [0.5, 0.6) is 0 Å². The fourth-order valence-electron chi connectivity index (χ4n) is 2.67. The van der Waals surface area contributed by atoms with Gasteiger partial charge in [-0.05, 0) is 5.41 Å². The highest BCUT2D eigenvalue weighted by atomic mass is 16.2. The molecule has 1 N–H and O–H groups in total. The van der Waals surface area contributed by atoms with Crippen molar-refractivity contribution < 1.29 is 9.59 Å². The van der Waals surface area contributed by atoms with Crippen LogP contribution >= 0.6 is 0 Å². The lowest BCUT2D eigenvalue weighted by molar-refractivity contribution is -0.138. The lowest BCUT2D eigenvalue weighted by Crippen LogP contribution is -2.58.